The van der Waals surface area contributed by atoms with Crippen molar-refractivity contribution in [1.29, 1.82) is 5.26 Å². The fourth-order valence-corrected chi connectivity index (χ4v) is 2.42. The molecule has 0 aliphatic rings. The number of nitriles is 1. The van der Waals surface area contributed by atoms with E-state index in [-0.39, 0.29) is 5.75 Å². The maximum atomic E-state index is 12.3. The molecule has 0 saturated heterocycles. The SMILES string of the molecule is Cc1ccccc1CSCC(C#N)C(F)(F)F. The van der Waals surface area contributed by atoms with Crippen molar-refractivity contribution in [2.24, 2.45) is 5.92 Å². The van der Waals surface area contributed by atoms with Gasteiger partial charge in [-0.1, -0.05) is 24.3 Å². The highest BCUT2D eigenvalue weighted by Crippen LogP contribution is 2.29. The first-order valence-corrected chi connectivity index (χ1v) is 6.19. The second-order valence-electron chi connectivity index (χ2n) is 3.66. The van der Waals surface area contributed by atoms with Gasteiger partial charge in [-0.15, -0.1) is 0 Å². The molecule has 0 aliphatic carbocycles. The molecule has 0 N–H and O–H groups in total. The topological polar surface area (TPSA) is 23.8 Å². The van der Waals surface area contributed by atoms with Gasteiger partial charge in [0, 0.05) is 11.5 Å². The third-order valence-electron chi connectivity index (χ3n) is 2.35. The third-order valence-corrected chi connectivity index (χ3v) is 3.44. The quantitative estimate of drug-likeness (QED) is 0.818. The average Bonchev–Trinajstić information content (AvgIpc) is 2.25. The largest absolute Gasteiger partial charge is 0.405 e. The molecule has 1 nitrogen and oxygen atoms in total. The van der Waals surface area contributed by atoms with Crippen LogP contribution < -0.4 is 0 Å². The zero-order chi connectivity index (χ0) is 12.9. The van der Waals surface area contributed by atoms with Crippen molar-refractivity contribution in [3.8, 4) is 6.07 Å². The Morgan fingerprint density at radius 2 is 2.00 bits per heavy atom. The van der Waals surface area contributed by atoms with Crippen LogP contribution in [0.4, 0.5) is 13.2 Å². The van der Waals surface area contributed by atoms with Gasteiger partial charge in [0.15, 0.2) is 5.92 Å². The Hall–Kier alpha value is -1.15. The third kappa shape index (κ3) is 4.31. The maximum Gasteiger partial charge on any atom is 0.405 e. The highest BCUT2D eigenvalue weighted by Gasteiger charge is 2.39. The summed E-state index contributed by atoms with van der Waals surface area (Å²) in [6, 6.07) is 8.84. The standard InChI is InChI=1S/C12H12F3NS/c1-9-4-2-3-5-10(9)7-17-8-11(6-16)12(13,14)15/h2-5,11H,7-8H2,1H3. The van der Waals surface area contributed by atoms with Gasteiger partial charge >= 0.3 is 6.18 Å². The second-order valence-corrected chi connectivity index (χ2v) is 4.70. The number of halogens is 3. The minimum absolute atomic E-state index is 0.214. The zero-order valence-corrected chi connectivity index (χ0v) is 10.1. The summed E-state index contributed by atoms with van der Waals surface area (Å²) in [6.07, 6.45) is -4.42. The van der Waals surface area contributed by atoms with Crippen LogP contribution in [-0.2, 0) is 5.75 Å². The summed E-state index contributed by atoms with van der Waals surface area (Å²) in [5.41, 5.74) is 2.07. The molecule has 1 aromatic rings. The van der Waals surface area contributed by atoms with Gasteiger partial charge in [-0.3, -0.25) is 0 Å². The molecule has 0 amide bonds. The smallest absolute Gasteiger partial charge is 0.198 e. The molecule has 1 aromatic carbocycles. The number of nitrogens with zero attached hydrogens (tertiary/aromatic N) is 1. The Morgan fingerprint density at radius 1 is 1.35 bits per heavy atom. The predicted octanol–water partition coefficient (Wildman–Crippen LogP) is 3.93. The molecule has 5 heteroatoms. The Kier molecular flexibility index (Phi) is 4.88. The lowest BCUT2D eigenvalue weighted by molar-refractivity contribution is -0.152. The Balaban J connectivity index is 2.48. The number of benzene rings is 1. The predicted molar refractivity (Wildman–Crippen MR) is 62.5 cm³/mol. The van der Waals surface area contributed by atoms with E-state index in [1.54, 1.807) is 0 Å². The van der Waals surface area contributed by atoms with Gasteiger partial charge in [-0.25, -0.2) is 0 Å². The first-order valence-electron chi connectivity index (χ1n) is 5.03. The minimum atomic E-state index is -4.42. The number of hydrogen-bond acceptors (Lipinski definition) is 2. The van der Waals surface area contributed by atoms with Crippen molar-refractivity contribution in [3.05, 3.63) is 35.4 Å². The lowest BCUT2D eigenvalue weighted by Gasteiger charge is -2.12. The van der Waals surface area contributed by atoms with Gasteiger partial charge in [0.1, 0.15) is 0 Å². The molecule has 0 aliphatic heterocycles. The van der Waals surface area contributed by atoms with E-state index in [4.69, 9.17) is 5.26 Å². The van der Waals surface area contributed by atoms with Crippen molar-refractivity contribution < 1.29 is 13.2 Å². The van der Waals surface area contributed by atoms with E-state index >= 15 is 0 Å². The van der Waals surface area contributed by atoms with E-state index in [1.807, 2.05) is 31.2 Å². The first kappa shape index (κ1) is 13.9. The molecule has 1 unspecified atom stereocenters. The van der Waals surface area contributed by atoms with Crippen molar-refractivity contribution in [2.75, 3.05) is 5.75 Å². The van der Waals surface area contributed by atoms with Crippen LogP contribution in [-0.4, -0.2) is 11.9 Å². The second kappa shape index (κ2) is 5.97. The molecule has 0 aromatic heterocycles. The van der Waals surface area contributed by atoms with Crippen LogP contribution in [0.2, 0.25) is 0 Å². The first-order chi connectivity index (χ1) is 7.95. The fraction of sp³-hybridized carbons (Fsp3) is 0.417. The van der Waals surface area contributed by atoms with Crippen LogP contribution in [0.5, 0.6) is 0 Å². The molecular weight excluding hydrogens is 247 g/mol. The van der Waals surface area contributed by atoms with Crippen LogP contribution in [0, 0.1) is 24.2 Å². The molecular formula is C12H12F3NS. The molecule has 17 heavy (non-hydrogen) atoms. The van der Waals surface area contributed by atoms with Gasteiger partial charge in [0.05, 0.1) is 6.07 Å². The van der Waals surface area contributed by atoms with E-state index in [0.29, 0.717) is 5.75 Å². The van der Waals surface area contributed by atoms with Gasteiger partial charge < -0.3 is 0 Å². The van der Waals surface area contributed by atoms with E-state index in [0.717, 1.165) is 22.9 Å². The van der Waals surface area contributed by atoms with Gasteiger partial charge in [0.25, 0.3) is 0 Å². The summed E-state index contributed by atoms with van der Waals surface area (Å²) >= 11 is 1.14. The number of aryl methyl sites for hydroxylation is 1. The molecule has 0 spiro atoms. The molecule has 0 saturated carbocycles. The van der Waals surface area contributed by atoms with E-state index in [9.17, 15) is 13.2 Å². The normalized spacial score (nSPS) is 13.1. The van der Waals surface area contributed by atoms with Crippen LogP contribution in [0.1, 0.15) is 11.1 Å². The summed E-state index contributed by atoms with van der Waals surface area (Å²) in [6.45, 7) is 1.92. The molecule has 92 valence electrons. The lowest BCUT2D eigenvalue weighted by Crippen LogP contribution is -2.23. The Bertz CT molecular complexity index is 409. The zero-order valence-electron chi connectivity index (χ0n) is 9.29. The molecule has 1 rings (SSSR count). The maximum absolute atomic E-state index is 12.3. The van der Waals surface area contributed by atoms with Crippen LogP contribution in [0.25, 0.3) is 0 Å². The van der Waals surface area contributed by atoms with Crippen molar-refractivity contribution in [2.45, 2.75) is 18.9 Å². The fourth-order valence-electron chi connectivity index (χ4n) is 1.26. The summed E-state index contributed by atoms with van der Waals surface area (Å²) in [7, 11) is 0. The molecule has 1 atom stereocenters. The minimum Gasteiger partial charge on any atom is -0.198 e. The molecule has 0 fully saturated rings. The number of rotatable bonds is 4. The van der Waals surface area contributed by atoms with Crippen LogP contribution >= 0.6 is 11.8 Å². The molecule has 0 radical (unpaired) electrons. The van der Waals surface area contributed by atoms with Crippen LogP contribution in [0.15, 0.2) is 24.3 Å². The average molecular weight is 259 g/mol. The number of alkyl halides is 3. The van der Waals surface area contributed by atoms with Gasteiger partial charge in [-0.05, 0) is 18.1 Å². The highest BCUT2D eigenvalue weighted by atomic mass is 32.2. The van der Waals surface area contributed by atoms with Gasteiger partial charge in [-0.2, -0.15) is 30.2 Å². The monoisotopic (exact) mass is 259 g/mol. The molecule has 0 heterocycles. The van der Waals surface area contributed by atoms with Crippen molar-refractivity contribution in [1.82, 2.24) is 0 Å². The van der Waals surface area contributed by atoms with Crippen LogP contribution in [0.3, 0.4) is 0 Å². The van der Waals surface area contributed by atoms with Crippen molar-refractivity contribution in [3.63, 3.8) is 0 Å². The van der Waals surface area contributed by atoms with E-state index in [2.05, 4.69) is 0 Å². The Morgan fingerprint density at radius 3 is 2.53 bits per heavy atom. The highest BCUT2D eigenvalue weighted by molar-refractivity contribution is 7.98. The Labute approximate surface area is 103 Å². The summed E-state index contributed by atoms with van der Waals surface area (Å²) in [5, 5.41) is 8.43. The van der Waals surface area contributed by atoms with Gasteiger partial charge in [0.2, 0.25) is 0 Å². The summed E-state index contributed by atoms with van der Waals surface area (Å²) in [5.74, 6) is -1.59. The lowest BCUT2D eigenvalue weighted by atomic mass is 10.1. The van der Waals surface area contributed by atoms with E-state index < -0.39 is 12.1 Å². The number of thioether (sulfide) groups is 1. The summed E-state index contributed by atoms with van der Waals surface area (Å²) < 4.78 is 36.9. The number of hydrogen-bond donors (Lipinski definition) is 0. The summed E-state index contributed by atoms with van der Waals surface area (Å²) in [4.78, 5) is 0. The molecule has 0 bridgehead atoms. The van der Waals surface area contributed by atoms with E-state index in [1.165, 1.54) is 6.07 Å². The van der Waals surface area contributed by atoms with Crippen molar-refractivity contribution >= 4 is 11.8 Å².